The number of aliphatic carboxylic acids is 1. The zero-order chi connectivity index (χ0) is 17.0. The molecular weight excluding hydrogens is 306 g/mol. The van der Waals surface area contributed by atoms with Crippen LogP contribution in [0.2, 0.25) is 0 Å². The number of nitro groups is 1. The standard InChI is InChI=1S/C14H17N3O6/c18-12-6-5-10(17(22)23)9-15(12)7-2-4-13(19)16-8-1-3-11(16)14(20)21/h5-6,9,11H,1-4,7-8H2,(H,20,21). The van der Waals surface area contributed by atoms with Gasteiger partial charge in [0.25, 0.3) is 11.2 Å². The summed E-state index contributed by atoms with van der Waals surface area (Å²) in [5, 5.41) is 19.7. The van der Waals surface area contributed by atoms with Crippen molar-refractivity contribution < 1.29 is 19.6 Å². The average molecular weight is 323 g/mol. The van der Waals surface area contributed by atoms with Crippen molar-refractivity contribution in [3.8, 4) is 0 Å². The highest BCUT2D eigenvalue weighted by Gasteiger charge is 2.33. The van der Waals surface area contributed by atoms with Crippen molar-refractivity contribution in [2.75, 3.05) is 6.54 Å². The average Bonchev–Trinajstić information content (AvgIpc) is 2.98. The molecule has 124 valence electrons. The lowest BCUT2D eigenvalue weighted by Crippen LogP contribution is -2.40. The first-order valence-electron chi connectivity index (χ1n) is 7.27. The molecule has 1 unspecified atom stereocenters. The van der Waals surface area contributed by atoms with Gasteiger partial charge in [-0.3, -0.25) is 19.7 Å². The van der Waals surface area contributed by atoms with Crippen LogP contribution >= 0.6 is 0 Å². The topological polar surface area (TPSA) is 123 Å². The number of amides is 1. The number of hydrogen-bond acceptors (Lipinski definition) is 5. The molecule has 0 aromatic carbocycles. The van der Waals surface area contributed by atoms with Crippen LogP contribution in [0.1, 0.15) is 25.7 Å². The molecule has 1 saturated heterocycles. The molecule has 0 aliphatic carbocycles. The van der Waals surface area contributed by atoms with Crippen molar-refractivity contribution >= 4 is 17.6 Å². The number of carboxylic acid groups (broad SMARTS) is 1. The fraction of sp³-hybridized carbons (Fsp3) is 0.500. The van der Waals surface area contributed by atoms with Crippen LogP contribution in [-0.4, -0.2) is 44.0 Å². The summed E-state index contributed by atoms with van der Waals surface area (Å²) in [6, 6.07) is 1.47. The molecule has 2 heterocycles. The zero-order valence-electron chi connectivity index (χ0n) is 12.4. The van der Waals surface area contributed by atoms with Crippen molar-refractivity contribution in [1.82, 2.24) is 9.47 Å². The van der Waals surface area contributed by atoms with E-state index >= 15 is 0 Å². The summed E-state index contributed by atoms with van der Waals surface area (Å²) in [6.07, 6.45) is 2.66. The number of carbonyl (C=O) groups is 2. The molecular formula is C14H17N3O6. The molecule has 0 radical (unpaired) electrons. The highest BCUT2D eigenvalue weighted by Crippen LogP contribution is 2.19. The molecule has 2 rings (SSSR count). The Morgan fingerprint density at radius 3 is 2.78 bits per heavy atom. The summed E-state index contributed by atoms with van der Waals surface area (Å²) in [5.41, 5.74) is -0.575. The van der Waals surface area contributed by atoms with E-state index in [0.29, 0.717) is 25.8 Å². The van der Waals surface area contributed by atoms with Gasteiger partial charge in [0.05, 0.1) is 11.1 Å². The van der Waals surface area contributed by atoms with E-state index in [1.807, 2.05) is 0 Å². The van der Waals surface area contributed by atoms with Crippen LogP contribution in [0.4, 0.5) is 5.69 Å². The number of aromatic nitrogens is 1. The molecule has 1 amide bonds. The summed E-state index contributed by atoms with van der Waals surface area (Å²) >= 11 is 0. The second-order valence-electron chi connectivity index (χ2n) is 5.36. The van der Waals surface area contributed by atoms with Crippen molar-refractivity contribution in [3.05, 3.63) is 38.8 Å². The van der Waals surface area contributed by atoms with Crippen LogP contribution in [0.3, 0.4) is 0 Å². The number of aryl methyl sites for hydroxylation is 1. The van der Waals surface area contributed by atoms with E-state index in [1.54, 1.807) is 0 Å². The Balaban J connectivity index is 1.93. The number of rotatable bonds is 6. The second-order valence-corrected chi connectivity index (χ2v) is 5.36. The molecule has 1 fully saturated rings. The van der Waals surface area contributed by atoms with Crippen LogP contribution < -0.4 is 5.56 Å². The predicted octanol–water partition coefficient (Wildman–Crippen LogP) is 0.612. The van der Waals surface area contributed by atoms with Gasteiger partial charge in [-0.15, -0.1) is 0 Å². The minimum absolute atomic E-state index is 0.0961. The Hall–Kier alpha value is -2.71. The quantitative estimate of drug-likeness (QED) is 0.604. The van der Waals surface area contributed by atoms with Gasteiger partial charge in [-0.2, -0.15) is 0 Å². The highest BCUT2D eigenvalue weighted by atomic mass is 16.6. The van der Waals surface area contributed by atoms with Gasteiger partial charge in [-0.05, 0) is 19.3 Å². The largest absolute Gasteiger partial charge is 0.480 e. The Morgan fingerprint density at radius 1 is 1.39 bits per heavy atom. The van der Waals surface area contributed by atoms with Crippen LogP contribution in [0.15, 0.2) is 23.1 Å². The van der Waals surface area contributed by atoms with Crippen LogP contribution in [0.25, 0.3) is 0 Å². The van der Waals surface area contributed by atoms with Crippen molar-refractivity contribution in [2.45, 2.75) is 38.3 Å². The lowest BCUT2D eigenvalue weighted by atomic mass is 10.2. The van der Waals surface area contributed by atoms with E-state index in [1.165, 1.54) is 9.47 Å². The first-order valence-corrected chi connectivity index (χ1v) is 7.27. The van der Waals surface area contributed by atoms with Crippen LogP contribution in [0.5, 0.6) is 0 Å². The molecule has 23 heavy (non-hydrogen) atoms. The van der Waals surface area contributed by atoms with E-state index in [2.05, 4.69) is 0 Å². The van der Waals surface area contributed by atoms with Gasteiger partial charge < -0.3 is 14.6 Å². The smallest absolute Gasteiger partial charge is 0.326 e. The lowest BCUT2D eigenvalue weighted by Gasteiger charge is -2.21. The maximum Gasteiger partial charge on any atom is 0.326 e. The van der Waals surface area contributed by atoms with Gasteiger partial charge in [0.15, 0.2) is 0 Å². The third kappa shape index (κ3) is 3.93. The van der Waals surface area contributed by atoms with E-state index in [-0.39, 0.29) is 30.1 Å². The number of likely N-dealkylation sites (tertiary alicyclic amines) is 1. The SMILES string of the molecule is O=C(O)C1CCCN1C(=O)CCCn1cc([N+](=O)[O-])ccc1=O. The second kappa shape index (κ2) is 7.03. The van der Waals surface area contributed by atoms with Gasteiger partial charge in [0, 0.05) is 31.6 Å². The maximum atomic E-state index is 12.1. The van der Waals surface area contributed by atoms with Crippen molar-refractivity contribution in [3.63, 3.8) is 0 Å². The molecule has 9 heteroatoms. The van der Waals surface area contributed by atoms with Gasteiger partial charge in [0.1, 0.15) is 6.04 Å². The Morgan fingerprint density at radius 2 is 2.13 bits per heavy atom. The summed E-state index contributed by atoms with van der Waals surface area (Å²) in [4.78, 5) is 46.2. The minimum Gasteiger partial charge on any atom is -0.480 e. The maximum absolute atomic E-state index is 12.1. The minimum atomic E-state index is -1.01. The fourth-order valence-electron chi connectivity index (χ4n) is 2.67. The van der Waals surface area contributed by atoms with E-state index in [0.717, 1.165) is 18.3 Å². The Kier molecular flexibility index (Phi) is 5.09. The monoisotopic (exact) mass is 323 g/mol. The molecule has 1 aliphatic heterocycles. The number of nitrogens with zero attached hydrogens (tertiary/aromatic N) is 3. The molecule has 1 atom stereocenters. The van der Waals surface area contributed by atoms with Gasteiger partial charge in [0.2, 0.25) is 5.91 Å². The first kappa shape index (κ1) is 16.7. The van der Waals surface area contributed by atoms with Crippen molar-refractivity contribution in [2.24, 2.45) is 0 Å². The highest BCUT2D eigenvalue weighted by molar-refractivity contribution is 5.84. The summed E-state index contributed by atoms with van der Waals surface area (Å²) in [7, 11) is 0. The number of carbonyl (C=O) groups excluding carboxylic acids is 1. The van der Waals surface area contributed by atoms with Crippen LogP contribution in [-0.2, 0) is 16.1 Å². The van der Waals surface area contributed by atoms with Crippen molar-refractivity contribution in [1.29, 1.82) is 0 Å². The first-order chi connectivity index (χ1) is 10.9. The molecule has 1 aromatic rings. The fourth-order valence-corrected chi connectivity index (χ4v) is 2.67. The van der Waals surface area contributed by atoms with E-state index in [9.17, 15) is 24.5 Å². The molecule has 0 bridgehead atoms. The Labute approximate surface area is 131 Å². The summed E-state index contributed by atoms with van der Waals surface area (Å²) in [5.74, 6) is -1.28. The van der Waals surface area contributed by atoms with Gasteiger partial charge in [-0.1, -0.05) is 0 Å². The number of pyridine rings is 1. The third-order valence-corrected chi connectivity index (χ3v) is 3.83. The van der Waals surface area contributed by atoms with Gasteiger partial charge in [-0.25, -0.2) is 4.79 Å². The van der Waals surface area contributed by atoms with E-state index in [4.69, 9.17) is 5.11 Å². The number of hydrogen-bond donors (Lipinski definition) is 1. The zero-order valence-corrected chi connectivity index (χ0v) is 12.4. The molecule has 0 saturated carbocycles. The van der Waals surface area contributed by atoms with Gasteiger partial charge >= 0.3 is 5.97 Å². The third-order valence-electron chi connectivity index (χ3n) is 3.83. The molecule has 1 N–H and O–H groups in total. The molecule has 9 nitrogen and oxygen atoms in total. The molecule has 1 aliphatic rings. The number of carboxylic acids is 1. The summed E-state index contributed by atoms with van der Waals surface area (Å²) in [6.45, 7) is 0.588. The summed E-state index contributed by atoms with van der Waals surface area (Å²) < 4.78 is 1.18. The van der Waals surface area contributed by atoms with Crippen LogP contribution in [0, 0.1) is 10.1 Å². The normalized spacial score (nSPS) is 17.2. The van der Waals surface area contributed by atoms with E-state index < -0.39 is 16.9 Å². The molecule has 0 spiro atoms. The molecule has 1 aromatic heterocycles. The Bertz CT molecular complexity index is 683. The lowest BCUT2D eigenvalue weighted by molar-refractivity contribution is -0.385. The predicted molar refractivity (Wildman–Crippen MR) is 79.0 cm³/mol.